The summed E-state index contributed by atoms with van der Waals surface area (Å²) in [5.74, 6) is 3.84. The lowest BCUT2D eigenvalue weighted by molar-refractivity contribution is -0.0629. The van der Waals surface area contributed by atoms with Gasteiger partial charge in [-0.05, 0) is 72.1 Å². The maximum atomic E-state index is 6.64. The Kier molecular flexibility index (Phi) is 3.07. The Bertz CT molecular complexity index is 464. The van der Waals surface area contributed by atoms with Gasteiger partial charge in [-0.2, -0.15) is 0 Å². The lowest BCUT2D eigenvalue weighted by atomic mass is 9.48. The van der Waals surface area contributed by atoms with Crippen molar-refractivity contribution in [3.05, 3.63) is 0 Å². The van der Waals surface area contributed by atoms with Crippen molar-refractivity contribution in [3.8, 4) is 0 Å². The summed E-state index contributed by atoms with van der Waals surface area (Å²) in [4.78, 5) is 0. The Hall–Kier alpha value is -0.620. The number of hydrogen-bond acceptors (Lipinski definition) is 5. The summed E-state index contributed by atoms with van der Waals surface area (Å²) in [5.41, 5.74) is 7.07. The zero-order valence-corrected chi connectivity index (χ0v) is 12.9. The monoisotopic (exact) mass is 293 g/mol. The van der Waals surface area contributed by atoms with Gasteiger partial charge in [-0.1, -0.05) is 11.8 Å². The molecule has 4 fully saturated rings. The molecule has 4 aliphatic carbocycles. The first-order valence-electron chi connectivity index (χ1n) is 7.75. The van der Waals surface area contributed by atoms with E-state index in [1.54, 1.807) is 16.4 Å². The molecule has 0 amide bonds. The molecule has 0 spiro atoms. The molecule has 6 heteroatoms. The van der Waals surface area contributed by atoms with Crippen LogP contribution in [-0.4, -0.2) is 32.0 Å². The van der Waals surface area contributed by atoms with Crippen LogP contribution in [0.15, 0.2) is 5.16 Å². The minimum Gasteiger partial charge on any atom is -0.326 e. The van der Waals surface area contributed by atoms with Gasteiger partial charge >= 0.3 is 0 Å². The highest BCUT2D eigenvalue weighted by Gasteiger charge is 2.53. The molecule has 0 aliphatic heterocycles. The molecule has 0 saturated heterocycles. The fourth-order valence-corrected chi connectivity index (χ4v) is 6.32. The Morgan fingerprint density at radius 2 is 1.85 bits per heavy atom. The third-order valence-corrected chi connectivity index (χ3v) is 6.98. The molecule has 4 aliphatic rings. The number of thioether (sulfide) groups is 1. The van der Waals surface area contributed by atoms with Crippen LogP contribution >= 0.6 is 11.8 Å². The van der Waals surface area contributed by atoms with Gasteiger partial charge in [-0.3, -0.25) is 0 Å². The minimum atomic E-state index is 0.289. The SMILES string of the molecule is Cn1nnnc1SCC(N)C12CC3CC(CC(C3)C1)C2. The van der Waals surface area contributed by atoms with Crippen LogP contribution in [0.5, 0.6) is 0 Å². The number of nitrogens with zero attached hydrogens (tertiary/aromatic N) is 4. The maximum Gasteiger partial charge on any atom is 0.209 e. The molecule has 0 radical (unpaired) electrons. The number of tetrazole rings is 1. The van der Waals surface area contributed by atoms with Crippen molar-refractivity contribution < 1.29 is 0 Å². The molecule has 5 rings (SSSR count). The van der Waals surface area contributed by atoms with Gasteiger partial charge in [-0.25, -0.2) is 4.68 Å². The van der Waals surface area contributed by atoms with Gasteiger partial charge in [0.15, 0.2) is 0 Å². The minimum absolute atomic E-state index is 0.289. The van der Waals surface area contributed by atoms with Crippen LogP contribution in [0.1, 0.15) is 38.5 Å². The fraction of sp³-hybridized carbons (Fsp3) is 0.929. The number of hydrogen-bond donors (Lipinski definition) is 1. The number of nitrogens with two attached hydrogens (primary N) is 1. The highest BCUT2D eigenvalue weighted by molar-refractivity contribution is 7.99. The quantitative estimate of drug-likeness (QED) is 0.858. The van der Waals surface area contributed by atoms with Gasteiger partial charge in [0, 0.05) is 18.8 Å². The summed E-state index contributed by atoms with van der Waals surface area (Å²) >= 11 is 1.71. The van der Waals surface area contributed by atoms with Gasteiger partial charge in [0.05, 0.1) is 0 Å². The van der Waals surface area contributed by atoms with Crippen LogP contribution in [0, 0.1) is 23.2 Å². The Balaban J connectivity index is 1.45. The fourth-order valence-electron chi connectivity index (χ4n) is 5.32. The van der Waals surface area contributed by atoms with E-state index in [1.165, 1.54) is 38.5 Å². The summed E-state index contributed by atoms with van der Waals surface area (Å²) in [6, 6.07) is 0.289. The van der Waals surface area contributed by atoms with Crippen molar-refractivity contribution in [1.82, 2.24) is 20.2 Å². The third-order valence-electron chi connectivity index (χ3n) is 5.85. The van der Waals surface area contributed by atoms with E-state index >= 15 is 0 Å². The molecule has 0 aromatic carbocycles. The molecular weight excluding hydrogens is 270 g/mol. The summed E-state index contributed by atoms with van der Waals surface area (Å²) in [5, 5.41) is 12.5. The zero-order chi connectivity index (χ0) is 13.7. The van der Waals surface area contributed by atoms with E-state index in [-0.39, 0.29) is 6.04 Å². The summed E-state index contributed by atoms with van der Waals surface area (Å²) in [7, 11) is 1.89. The highest BCUT2D eigenvalue weighted by Crippen LogP contribution is 2.61. The molecular formula is C14H23N5S. The number of aryl methyl sites for hydroxylation is 1. The van der Waals surface area contributed by atoms with Gasteiger partial charge < -0.3 is 5.73 Å². The Morgan fingerprint density at radius 3 is 2.35 bits per heavy atom. The normalized spacial score (nSPS) is 40.2. The average molecular weight is 293 g/mol. The standard InChI is InChI=1S/C14H23N5S/c1-19-13(16-17-18-19)20-8-12(15)14-5-9-2-10(6-14)4-11(3-9)7-14/h9-12H,2-8,15H2,1H3. The number of aromatic nitrogens is 4. The predicted octanol–water partition coefficient (Wildman–Crippen LogP) is 1.85. The second-order valence-electron chi connectivity index (χ2n) is 7.28. The van der Waals surface area contributed by atoms with Crippen molar-refractivity contribution >= 4 is 11.8 Å². The van der Waals surface area contributed by atoms with E-state index < -0.39 is 0 Å². The molecule has 4 bridgehead atoms. The van der Waals surface area contributed by atoms with E-state index in [1.807, 2.05) is 7.05 Å². The van der Waals surface area contributed by atoms with Crippen LogP contribution in [0.2, 0.25) is 0 Å². The lowest BCUT2D eigenvalue weighted by Crippen LogP contribution is -2.55. The third kappa shape index (κ3) is 2.08. The van der Waals surface area contributed by atoms with Gasteiger partial charge in [0.1, 0.15) is 0 Å². The van der Waals surface area contributed by atoms with Gasteiger partial charge in [0.25, 0.3) is 0 Å². The van der Waals surface area contributed by atoms with Crippen LogP contribution in [-0.2, 0) is 7.05 Å². The molecule has 1 heterocycles. The van der Waals surface area contributed by atoms with Gasteiger partial charge in [-0.15, -0.1) is 5.10 Å². The van der Waals surface area contributed by atoms with Crippen molar-refractivity contribution in [1.29, 1.82) is 0 Å². The molecule has 1 aromatic heterocycles. The van der Waals surface area contributed by atoms with Crippen LogP contribution in [0.4, 0.5) is 0 Å². The van der Waals surface area contributed by atoms with E-state index in [0.29, 0.717) is 5.41 Å². The van der Waals surface area contributed by atoms with Crippen molar-refractivity contribution in [2.24, 2.45) is 36.0 Å². The van der Waals surface area contributed by atoms with Crippen LogP contribution in [0.3, 0.4) is 0 Å². The highest BCUT2D eigenvalue weighted by atomic mass is 32.2. The topological polar surface area (TPSA) is 69.6 Å². The van der Waals surface area contributed by atoms with E-state index in [2.05, 4.69) is 15.5 Å². The van der Waals surface area contributed by atoms with Gasteiger partial charge in [0.2, 0.25) is 5.16 Å². The molecule has 20 heavy (non-hydrogen) atoms. The molecule has 4 saturated carbocycles. The first kappa shape index (κ1) is 13.1. The summed E-state index contributed by atoms with van der Waals surface area (Å²) in [6.07, 6.45) is 8.55. The van der Waals surface area contributed by atoms with E-state index in [9.17, 15) is 0 Å². The zero-order valence-electron chi connectivity index (χ0n) is 12.0. The van der Waals surface area contributed by atoms with E-state index in [0.717, 1.165) is 28.7 Å². The lowest BCUT2D eigenvalue weighted by Gasteiger charge is -2.59. The first-order chi connectivity index (χ1) is 9.64. The van der Waals surface area contributed by atoms with Crippen molar-refractivity contribution in [2.45, 2.75) is 49.7 Å². The molecule has 1 unspecified atom stereocenters. The first-order valence-corrected chi connectivity index (χ1v) is 8.74. The summed E-state index contributed by atoms with van der Waals surface area (Å²) < 4.78 is 1.73. The molecule has 2 N–H and O–H groups in total. The summed E-state index contributed by atoms with van der Waals surface area (Å²) in [6.45, 7) is 0. The number of rotatable bonds is 4. The maximum absolute atomic E-state index is 6.64. The van der Waals surface area contributed by atoms with E-state index in [4.69, 9.17) is 5.73 Å². The second kappa shape index (κ2) is 4.70. The largest absolute Gasteiger partial charge is 0.326 e. The molecule has 110 valence electrons. The smallest absolute Gasteiger partial charge is 0.209 e. The van der Waals surface area contributed by atoms with Crippen molar-refractivity contribution in [2.75, 3.05) is 5.75 Å². The van der Waals surface area contributed by atoms with Crippen LogP contribution in [0.25, 0.3) is 0 Å². The average Bonchev–Trinajstić information content (AvgIpc) is 2.80. The van der Waals surface area contributed by atoms with Crippen LogP contribution < -0.4 is 5.73 Å². The Labute approximate surface area is 124 Å². The predicted molar refractivity (Wildman–Crippen MR) is 78.1 cm³/mol. The molecule has 1 atom stereocenters. The Morgan fingerprint density at radius 1 is 1.25 bits per heavy atom. The van der Waals surface area contributed by atoms with Crippen molar-refractivity contribution in [3.63, 3.8) is 0 Å². The molecule has 5 nitrogen and oxygen atoms in total. The molecule has 1 aromatic rings. The second-order valence-corrected chi connectivity index (χ2v) is 8.27.